The monoisotopic (exact) mass is 483 g/mol. The molecule has 0 aromatic heterocycles. The molecule has 3 aliphatic carbocycles. The van der Waals surface area contributed by atoms with Crippen LogP contribution in [0.3, 0.4) is 0 Å². The van der Waals surface area contributed by atoms with Crippen molar-refractivity contribution in [2.24, 2.45) is 0 Å². The number of halogens is 2. The summed E-state index contributed by atoms with van der Waals surface area (Å²) in [6.45, 7) is 2.31. The quantitative estimate of drug-likeness (QED) is 0.379. The van der Waals surface area contributed by atoms with Crippen LogP contribution in [0.15, 0.2) is 48.6 Å². The molecule has 3 heteroatoms. The topological polar surface area (TPSA) is 0 Å². The summed E-state index contributed by atoms with van der Waals surface area (Å²) in [7, 11) is 0. The smallest absolute Gasteiger partial charge is 1.00 e. The van der Waals surface area contributed by atoms with Gasteiger partial charge in [0.2, 0.25) is 0 Å². The van der Waals surface area contributed by atoms with Crippen molar-refractivity contribution in [2.75, 3.05) is 0 Å². The van der Waals surface area contributed by atoms with E-state index in [0.29, 0.717) is 0 Å². The standard InChI is InChI=1S/C25H23.2ClH.Zr/c1-17-15-22-21-14-8-7-13-20(21)16-23(22)25(19-11-5-6-12-19)24(17)18-9-3-2-4-10-18;;;/h5-8,11,13-15H,2-4,9-10,12H2,1H3;2*1H;/q-1;;;+3/p-2. The SMILES string of the molecule is Cc1cc2c(c(C3=CC=CC3)c1=C1CCCCC1)[C-]=c1ccccc1=2.[Cl-].[Cl-].[Zr+3]. The van der Waals surface area contributed by atoms with Gasteiger partial charge in [-0.2, -0.15) is 0 Å². The van der Waals surface area contributed by atoms with E-state index in [4.69, 9.17) is 0 Å². The molecule has 1 saturated carbocycles. The van der Waals surface area contributed by atoms with Crippen LogP contribution < -0.4 is 35.3 Å². The van der Waals surface area contributed by atoms with Gasteiger partial charge in [0.05, 0.1) is 0 Å². The molecule has 0 amide bonds. The molecular formula is C25H23Cl2Zr. The van der Waals surface area contributed by atoms with Gasteiger partial charge in [0.25, 0.3) is 0 Å². The maximum atomic E-state index is 3.75. The van der Waals surface area contributed by atoms with Crippen LogP contribution in [0, 0.1) is 17.4 Å². The van der Waals surface area contributed by atoms with Gasteiger partial charge in [-0.15, -0.1) is 33.4 Å². The molecule has 0 saturated heterocycles. The third kappa shape index (κ3) is 3.91. The fourth-order valence-electron chi connectivity index (χ4n) is 4.76. The number of rotatable bonds is 1. The number of fused-ring (bicyclic) bond motifs is 2. The van der Waals surface area contributed by atoms with Crippen LogP contribution in [-0.2, 0) is 26.2 Å². The van der Waals surface area contributed by atoms with Gasteiger partial charge in [0.15, 0.2) is 0 Å². The third-order valence-corrected chi connectivity index (χ3v) is 5.90. The van der Waals surface area contributed by atoms with Crippen molar-refractivity contribution in [1.82, 2.24) is 0 Å². The van der Waals surface area contributed by atoms with Crippen LogP contribution in [0.2, 0.25) is 0 Å². The average Bonchev–Trinajstić information content (AvgIpc) is 3.29. The van der Waals surface area contributed by atoms with E-state index >= 15 is 0 Å². The number of aryl methyl sites for hydroxylation is 1. The zero-order valence-electron chi connectivity index (χ0n) is 16.1. The van der Waals surface area contributed by atoms with Gasteiger partial charge >= 0.3 is 26.2 Å². The molecule has 2 aromatic rings. The summed E-state index contributed by atoms with van der Waals surface area (Å²) in [6, 6.07) is 11.1. The molecule has 0 N–H and O–H groups in total. The number of benzene rings is 2. The summed E-state index contributed by atoms with van der Waals surface area (Å²) >= 11 is 0. The van der Waals surface area contributed by atoms with Crippen molar-refractivity contribution in [2.45, 2.75) is 45.4 Å². The Hall–Kier alpha value is -0.877. The molecule has 1 fully saturated rings. The molecule has 141 valence electrons. The number of hydrogen-bond acceptors (Lipinski definition) is 0. The Morgan fingerprint density at radius 1 is 0.929 bits per heavy atom. The Bertz CT molecular complexity index is 1150. The largest absolute Gasteiger partial charge is 3.00 e. The Labute approximate surface area is 198 Å². The van der Waals surface area contributed by atoms with Crippen LogP contribution in [0.4, 0.5) is 0 Å². The van der Waals surface area contributed by atoms with Crippen molar-refractivity contribution in [3.8, 4) is 0 Å². The number of allylic oxidation sites excluding steroid dienone is 4. The van der Waals surface area contributed by atoms with E-state index in [0.717, 1.165) is 6.42 Å². The summed E-state index contributed by atoms with van der Waals surface area (Å²) in [5, 5.41) is 5.49. The first-order valence-corrected chi connectivity index (χ1v) is 9.58. The van der Waals surface area contributed by atoms with Crippen molar-refractivity contribution in [1.29, 1.82) is 0 Å². The van der Waals surface area contributed by atoms with Crippen LogP contribution >= 0.6 is 0 Å². The third-order valence-electron chi connectivity index (χ3n) is 5.90. The maximum absolute atomic E-state index is 3.75. The van der Waals surface area contributed by atoms with Crippen molar-refractivity contribution >= 4 is 17.2 Å². The first-order chi connectivity index (χ1) is 12.3. The minimum Gasteiger partial charge on any atom is -1.00 e. The predicted molar refractivity (Wildman–Crippen MR) is 105 cm³/mol. The average molecular weight is 486 g/mol. The van der Waals surface area contributed by atoms with E-state index in [1.807, 2.05) is 0 Å². The Kier molecular flexibility index (Phi) is 8.15. The first-order valence-electron chi connectivity index (χ1n) is 9.58. The Balaban J connectivity index is 0.000000934. The van der Waals surface area contributed by atoms with Crippen LogP contribution in [0.25, 0.3) is 17.2 Å². The molecule has 0 aliphatic heterocycles. The summed E-state index contributed by atoms with van der Waals surface area (Å²) in [5.74, 6) is 0. The molecule has 0 atom stereocenters. The fraction of sp³-hybridized carbons (Fsp3) is 0.280. The van der Waals surface area contributed by atoms with Gasteiger partial charge < -0.3 is 24.8 Å². The van der Waals surface area contributed by atoms with Crippen molar-refractivity contribution < 1.29 is 51.0 Å². The molecule has 0 spiro atoms. The first kappa shape index (κ1) is 23.4. The van der Waals surface area contributed by atoms with E-state index in [1.165, 1.54) is 75.2 Å². The fourth-order valence-corrected chi connectivity index (χ4v) is 4.76. The summed E-state index contributed by atoms with van der Waals surface area (Å²) < 4.78 is 0. The van der Waals surface area contributed by atoms with Crippen molar-refractivity contribution in [3.63, 3.8) is 0 Å². The molecule has 28 heavy (non-hydrogen) atoms. The normalized spacial score (nSPS) is 16.0. The van der Waals surface area contributed by atoms with Gasteiger partial charge in [-0.1, -0.05) is 71.2 Å². The van der Waals surface area contributed by atoms with Crippen LogP contribution in [0.1, 0.15) is 55.2 Å². The zero-order valence-corrected chi connectivity index (χ0v) is 20.1. The van der Waals surface area contributed by atoms with Crippen LogP contribution in [0.5, 0.6) is 0 Å². The van der Waals surface area contributed by atoms with E-state index in [-0.39, 0.29) is 51.0 Å². The molecule has 3 aliphatic rings. The molecule has 1 radical (unpaired) electrons. The Morgan fingerprint density at radius 3 is 2.39 bits per heavy atom. The molecule has 0 bridgehead atoms. The molecule has 0 unspecified atom stereocenters. The molecule has 0 nitrogen and oxygen atoms in total. The van der Waals surface area contributed by atoms with Crippen molar-refractivity contribution in [3.05, 3.63) is 86.1 Å². The molecule has 5 rings (SSSR count). The van der Waals surface area contributed by atoms with Gasteiger partial charge in [0, 0.05) is 0 Å². The minimum absolute atomic E-state index is 0. The van der Waals surface area contributed by atoms with Gasteiger partial charge in [-0.3, -0.25) is 0 Å². The van der Waals surface area contributed by atoms with Gasteiger partial charge in [0.1, 0.15) is 0 Å². The maximum Gasteiger partial charge on any atom is 3.00 e. The molecule has 2 aromatic carbocycles. The zero-order chi connectivity index (χ0) is 16.8. The van der Waals surface area contributed by atoms with E-state index in [1.54, 1.807) is 5.57 Å². The van der Waals surface area contributed by atoms with Gasteiger partial charge in [-0.05, 0) is 44.2 Å². The molecular weight excluding hydrogens is 462 g/mol. The van der Waals surface area contributed by atoms with Crippen LogP contribution in [-0.4, -0.2) is 0 Å². The summed E-state index contributed by atoms with van der Waals surface area (Å²) in [6.07, 6.45) is 18.2. The van der Waals surface area contributed by atoms with E-state index in [9.17, 15) is 0 Å². The summed E-state index contributed by atoms with van der Waals surface area (Å²) in [5.41, 5.74) is 7.38. The number of hydrogen-bond donors (Lipinski definition) is 0. The predicted octanol–water partition coefficient (Wildman–Crippen LogP) is -1.24. The van der Waals surface area contributed by atoms with Gasteiger partial charge in [-0.25, -0.2) is 0 Å². The minimum atomic E-state index is 0. The second-order valence-corrected chi connectivity index (χ2v) is 7.53. The second-order valence-electron chi connectivity index (χ2n) is 7.53. The van der Waals surface area contributed by atoms with E-state index < -0.39 is 0 Å². The summed E-state index contributed by atoms with van der Waals surface area (Å²) in [4.78, 5) is 0. The second kappa shape index (κ2) is 9.75. The van der Waals surface area contributed by atoms with E-state index in [2.05, 4.69) is 61.6 Å². The molecule has 0 heterocycles. The Morgan fingerprint density at radius 2 is 1.68 bits per heavy atom.